The van der Waals surface area contributed by atoms with Crippen molar-refractivity contribution in [2.24, 2.45) is 16.6 Å². The summed E-state index contributed by atoms with van der Waals surface area (Å²) in [4.78, 5) is 4.23. The molecular weight excluding hydrogens is 218 g/mol. The molecule has 3 unspecified atom stereocenters. The lowest BCUT2D eigenvalue weighted by molar-refractivity contribution is 0.0186. The Morgan fingerprint density at radius 1 is 1.71 bits per heavy atom. The highest BCUT2D eigenvalue weighted by Crippen LogP contribution is 2.35. The lowest BCUT2D eigenvalue weighted by atomic mass is 9.93. The van der Waals surface area contributed by atoms with E-state index in [4.69, 9.17) is 10.5 Å². The highest BCUT2D eigenvalue weighted by Gasteiger charge is 2.37. The minimum absolute atomic E-state index is 0.124. The van der Waals surface area contributed by atoms with Crippen LogP contribution in [-0.4, -0.2) is 43.0 Å². The van der Waals surface area contributed by atoms with E-state index in [0.717, 1.165) is 19.3 Å². The summed E-state index contributed by atoms with van der Waals surface area (Å²) >= 11 is 0. The minimum atomic E-state index is -0.670. The van der Waals surface area contributed by atoms with E-state index in [1.54, 1.807) is 7.11 Å². The fourth-order valence-electron chi connectivity index (χ4n) is 2.28. The molecule has 0 radical (unpaired) electrons. The second-order valence-electron chi connectivity index (χ2n) is 5.10. The van der Waals surface area contributed by atoms with Crippen LogP contribution in [0.25, 0.3) is 0 Å². The van der Waals surface area contributed by atoms with Crippen molar-refractivity contribution in [3.05, 3.63) is 0 Å². The number of nitrogens with zero attached hydrogens (tertiary/aromatic N) is 1. The van der Waals surface area contributed by atoms with Crippen molar-refractivity contribution in [3.8, 4) is 0 Å². The number of aliphatic hydroxyl groups is 1. The van der Waals surface area contributed by atoms with Gasteiger partial charge in [0.15, 0.2) is 5.96 Å². The summed E-state index contributed by atoms with van der Waals surface area (Å²) in [7, 11) is 1.65. The van der Waals surface area contributed by atoms with Gasteiger partial charge in [-0.1, -0.05) is 13.3 Å². The lowest BCUT2D eigenvalue weighted by Gasteiger charge is -2.25. The third-order valence-electron chi connectivity index (χ3n) is 3.50. The maximum absolute atomic E-state index is 10.3. The summed E-state index contributed by atoms with van der Waals surface area (Å²) in [5.74, 6) is 0.678. The van der Waals surface area contributed by atoms with E-state index >= 15 is 0 Å². The Morgan fingerprint density at radius 3 is 2.94 bits per heavy atom. The average molecular weight is 243 g/mol. The highest BCUT2D eigenvalue weighted by molar-refractivity contribution is 5.78. The number of nitrogens with two attached hydrogens (primary N) is 1. The monoisotopic (exact) mass is 243 g/mol. The van der Waals surface area contributed by atoms with Gasteiger partial charge < -0.3 is 20.9 Å². The first-order valence-corrected chi connectivity index (χ1v) is 6.25. The molecule has 100 valence electrons. The van der Waals surface area contributed by atoms with Crippen molar-refractivity contribution in [1.29, 1.82) is 0 Å². The molecule has 1 saturated carbocycles. The predicted octanol–water partition coefficient (Wildman–Crippen LogP) is 0.477. The van der Waals surface area contributed by atoms with Gasteiger partial charge in [-0.15, -0.1) is 0 Å². The minimum Gasteiger partial charge on any atom is -0.388 e. The molecule has 1 aliphatic rings. The van der Waals surface area contributed by atoms with Crippen molar-refractivity contribution < 1.29 is 9.84 Å². The van der Waals surface area contributed by atoms with E-state index in [1.807, 2.05) is 6.92 Å². The fourth-order valence-corrected chi connectivity index (χ4v) is 2.28. The number of rotatable bonds is 5. The maximum atomic E-state index is 10.3. The molecule has 1 fully saturated rings. The molecule has 17 heavy (non-hydrogen) atoms. The first kappa shape index (κ1) is 14.3. The van der Waals surface area contributed by atoms with Crippen LogP contribution in [0.2, 0.25) is 0 Å². The molecule has 5 nitrogen and oxygen atoms in total. The van der Waals surface area contributed by atoms with E-state index in [2.05, 4.69) is 17.2 Å². The number of nitrogens with one attached hydrogen (secondary N) is 1. The summed E-state index contributed by atoms with van der Waals surface area (Å²) < 4.78 is 5.00. The summed E-state index contributed by atoms with van der Waals surface area (Å²) in [6.07, 6.45) is 2.96. The maximum Gasteiger partial charge on any atom is 0.188 e. The zero-order valence-corrected chi connectivity index (χ0v) is 11.1. The molecule has 4 N–H and O–H groups in total. The van der Waals surface area contributed by atoms with E-state index in [1.165, 1.54) is 0 Å². The second-order valence-corrected chi connectivity index (χ2v) is 5.10. The summed E-state index contributed by atoms with van der Waals surface area (Å²) in [6, 6.07) is 0.124. The van der Waals surface area contributed by atoms with Crippen LogP contribution in [0.4, 0.5) is 0 Å². The molecule has 3 atom stereocenters. The van der Waals surface area contributed by atoms with Crippen molar-refractivity contribution in [1.82, 2.24) is 5.32 Å². The second kappa shape index (κ2) is 6.21. The Bertz CT molecular complexity index is 270. The van der Waals surface area contributed by atoms with Gasteiger partial charge in [-0.25, -0.2) is 0 Å². The third-order valence-corrected chi connectivity index (χ3v) is 3.50. The van der Waals surface area contributed by atoms with Gasteiger partial charge in [0.1, 0.15) is 0 Å². The Morgan fingerprint density at radius 2 is 2.41 bits per heavy atom. The Balaban J connectivity index is 2.41. The van der Waals surface area contributed by atoms with Crippen LogP contribution in [-0.2, 0) is 4.74 Å². The average Bonchev–Trinajstić information content (AvgIpc) is 2.57. The van der Waals surface area contributed by atoms with E-state index in [9.17, 15) is 5.11 Å². The highest BCUT2D eigenvalue weighted by atomic mass is 16.5. The molecule has 0 aliphatic heterocycles. The van der Waals surface area contributed by atoms with Crippen molar-refractivity contribution in [2.45, 2.75) is 44.8 Å². The largest absolute Gasteiger partial charge is 0.388 e. The van der Waals surface area contributed by atoms with Crippen LogP contribution in [0.5, 0.6) is 0 Å². The fraction of sp³-hybridized carbons (Fsp3) is 0.917. The first-order valence-electron chi connectivity index (χ1n) is 6.25. The normalized spacial score (nSPS) is 31.5. The number of methoxy groups -OCH3 is 1. The van der Waals surface area contributed by atoms with Crippen LogP contribution in [0.1, 0.15) is 33.1 Å². The molecule has 0 aromatic rings. The molecule has 0 heterocycles. The van der Waals surface area contributed by atoms with Gasteiger partial charge in [0.25, 0.3) is 0 Å². The zero-order valence-electron chi connectivity index (χ0n) is 11.1. The molecule has 0 saturated heterocycles. The van der Waals surface area contributed by atoms with E-state index < -0.39 is 5.60 Å². The summed E-state index contributed by atoms with van der Waals surface area (Å²) in [5, 5.41) is 13.4. The van der Waals surface area contributed by atoms with Gasteiger partial charge in [-0.3, -0.25) is 4.99 Å². The van der Waals surface area contributed by atoms with Gasteiger partial charge >= 0.3 is 0 Å². The Kier molecular flexibility index (Phi) is 5.21. The predicted molar refractivity (Wildman–Crippen MR) is 68.9 cm³/mol. The Labute approximate surface area is 103 Å². The lowest BCUT2D eigenvalue weighted by Crippen LogP contribution is -2.42. The number of aliphatic imine (C=N–C) groups is 1. The first-order chi connectivity index (χ1) is 7.98. The van der Waals surface area contributed by atoms with Gasteiger partial charge in [-0.2, -0.15) is 0 Å². The molecule has 1 aliphatic carbocycles. The van der Waals surface area contributed by atoms with Crippen LogP contribution in [0.15, 0.2) is 4.99 Å². The summed E-state index contributed by atoms with van der Waals surface area (Å²) in [5.41, 5.74) is 5.09. The zero-order chi connectivity index (χ0) is 12.9. The Hall–Kier alpha value is -0.810. The summed E-state index contributed by atoms with van der Waals surface area (Å²) in [6.45, 7) is 5.00. The SMILES string of the molecule is COCC(C)NC(N)=NCC1(O)CCCC1C. The molecule has 0 aromatic heterocycles. The van der Waals surface area contributed by atoms with Crippen LogP contribution < -0.4 is 11.1 Å². The van der Waals surface area contributed by atoms with Crippen molar-refractivity contribution >= 4 is 5.96 Å². The molecule has 1 rings (SSSR count). The van der Waals surface area contributed by atoms with Crippen molar-refractivity contribution in [2.75, 3.05) is 20.3 Å². The van der Waals surface area contributed by atoms with Crippen LogP contribution in [0, 0.1) is 5.92 Å². The third kappa shape index (κ3) is 4.16. The standard InChI is InChI=1S/C12H25N3O2/c1-9-5-4-6-12(9,16)8-14-11(13)15-10(2)7-17-3/h9-10,16H,4-8H2,1-3H3,(H3,13,14,15). The topological polar surface area (TPSA) is 79.9 Å². The molecule has 0 aromatic carbocycles. The number of guanidine groups is 1. The molecular formula is C12H25N3O2. The van der Waals surface area contributed by atoms with Gasteiger partial charge in [-0.05, 0) is 25.7 Å². The van der Waals surface area contributed by atoms with Crippen LogP contribution in [0.3, 0.4) is 0 Å². The molecule has 0 spiro atoms. The van der Waals surface area contributed by atoms with Gasteiger partial charge in [0.05, 0.1) is 18.8 Å². The van der Waals surface area contributed by atoms with E-state index in [0.29, 0.717) is 25.0 Å². The van der Waals surface area contributed by atoms with Gasteiger partial charge in [0, 0.05) is 13.2 Å². The molecule has 0 bridgehead atoms. The number of ether oxygens (including phenoxy) is 1. The number of hydrogen-bond acceptors (Lipinski definition) is 3. The van der Waals surface area contributed by atoms with E-state index in [-0.39, 0.29) is 6.04 Å². The number of hydrogen-bond donors (Lipinski definition) is 3. The quantitative estimate of drug-likeness (QED) is 0.484. The molecule has 5 heteroatoms. The van der Waals surface area contributed by atoms with Crippen LogP contribution >= 0.6 is 0 Å². The van der Waals surface area contributed by atoms with Crippen molar-refractivity contribution in [3.63, 3.8) is 0 Å². The van der Waals surface area contributed by atoms with Gasteiger partial charge in [0.2, 0.25) is 0 Å². The smallest absolute Gasteiger partial charge is 0.188 e. The molecule has 0 amide bonds.